The summed E-state index contributed by atoms with van der Waals surface area (Å²) < 4.78 is 0. The van der Waals surface area contributed by atoms with Crippen LogP contribution < -0.4 is 0 Å². The van der Waals surface area contributed by atoms with Gasteiger partial charge in [-0.25, -0.2) is 0 Å². The Morgan fingerprint density at radius 1 is 0.720 bits per heavy atom. The van der Waals surface area contributed by atoms with E-state index in [1.807, 2.05) is 0 Å². The molecule has 0 spiro atoms. The Morgan fingerprint density at radius 3 is 1.68 bits per heavy atom. The molecule has 0 amide bonds. The van der Waals surface area contributed by atoms with E-state index < -0.39 is 11.9 Å². The predicted molar refractivity (Wildman–Crippen MR) is 106 cm³/mol. The van der Waals surface area contributed by atoms with Gasteiger partial charge in [0, 0.05) is 11.7 Å². The Hall–Kier alpha value is -0.710. The minimum absolute atomic E-state index is 0.218. The molecule has 0 rings (SSSR count). The van der Waals surface area contributed by atoms with Gasteiger partial charge in [0.25, 0.3) is 0 Å². The quantitative estimate of drug-likeness (QED) is 0.266. The Labute approximate surface area is 158 Å². The molecule has 0 aromatic rings. The number of carboxylic acids is 2. The molecule has 1 unspecified atom stereocenters. The van der Waals surface area contributed by atoms with E-state index in [0.717, 1.165) is 44.9 Å². The Bertz CT molecular complexity index is 334. The molecule has 0 saturated heterocycles. The molecule has 148 valence electrons. The fraction of sp³-hybridized carbons (Fsp3) is 0.900. The lowest BCUT2D eigenvalue weighted by Crippen LogP contribution is -2.08. The lowest BCUT2D eigenvalue weighted by molar-refractivity contribution is -0.137. The summed E-state index contributed by atoms with van der Waals surface area (Å²) in [4.78, 5) is 21.2. The van der Waals surface area contributed by atoms with E-state index in [0.29, 0.717) is 5.25 Å². The average molecular weight is 375 g/mol. The second kappa shape index (κ2) is 18.1. The molecule has 0 aliphatic heterocycles. The number of aliphatic carboxylic acids is 2. The zero-order valence-corrected chi connectivity index (χ0v) is 16.8. The van der Waals surface area contributed by atoms with Gasteiger partial charge in [0.1, 0.15) is 0 Å². The van der Waals surface area contributed by atoms with Gasteiger partial charge in [-0.05, 0) is 19.3 Å². The topological polar surface area (TPSA) is 74.6 Å². The largest absolute Gasteiger partial charge is 0.481 e. The summed E-state index contributed by atoms with van der Waals surface area (Å²) in [5, 5.41) is 18.0. The zero-order chi connectivity index (χ0) is 18.8. The predicted octanol–water partition coefficient (Wildman–Crippen LogP) is 6.13. The lowest BCUT2D eigenvalue weighted by atomic mass is 10.0. The molecule has 0 aliphatic carbocycles. The van der Waals surface area contributed by atoms with Gasteiger partial charge in [-0.3, -0.25) is 9.59 Å². The summed E-state index contributed by atoms with van der Waals surface area (Å²) in [7, 11) is 0. The van der Waals surface area contributed by atoms with E-state index in [1.165, 1.54) is 44.9 Å². The van der Waals surface area contributed by atoms with Gasteiger partial charge < -0.3 is 10.2 Å². The molecule has 0 heterocycles. The van der Waals surface area contributed by atoms with Crippen molar-refractivity contribution >= 4 is 23.7 Å². The van der Waals surface area contributed by atoms with Crippen LogP contribution in [0.2, 0.25) is 0 Å². The molecule has 4 nitrogen and oxygen atoms in total. The zero-order valence-electron chi connectivity index (χ0n) is 16.0. The van der Waals surface area contributed by atoms with Crippen LogP contribution in [0.3, 0.4) is 0 Å². The van der Waals surface area contributed by atoms with Crippen LogP contribution in [0.1, 0.15) is 103 Å². The van der Waals surface area contributed by atoms with Crippen LogP contribution in [0.4, 0.5) is 0 Å². The van der Waals surface area contributed by atoms with Crippen molar-refractivity contribution in [3.63, 3.8) is 0 Å². The molecule has 0 aromatic heterocycles. The maximum atomic E-state index is 10.8. The first-order valence-corrected chi connectivity index (χ1v) is 11.2. The van der Waals surface area contributed by atoms with Crippen molar-refractivity contribution in [1.29, 1.82) is 0 Å². The molecule has 5 heteroatoms. The maximum absolute atomic E-state index is 10.8. The molecule has 0 fully saturated rings. The van der Waals surface area contributed by atoms with Gasteiger partial charge in [-0.15, -0.1) is 11.8 Å². The van der Waals surface area contributed by atoms with Crippen LogP contribution in [0.25, 0.3) is 0 Å². The van der Waals surface area contributed by atoms with Gasteiger partial charge in [-0.1, -0.05) is 77.6 Å². The highest BCUT2D eigenvalue weighted by Gasteiger charge is 2.11. The third kappa shape index (κ3) is 19.5. The van der Waals surface area contributed by atoms with E-state index in [2.05, 4.69) is 6.92 Å². The number of hydrogen-bond acceptors (Lipinski definition) is 3. The first kappa shape index (κ1) is 24.3. The molecule has 0 aromatic carbocycles. The average Bonchev–Trinajstić information content (AvgIpc) is 2.56. The molecule has 2 N–H and O–H groups in total. The van der Waals surface area contributed by atoms with Crippen LogP contribution in [0.15, 0.2) is 0 Å². The molecule has 0 radical (unpaired) electrons. The second-order valence-corrected chi connectivity index (χ2v) is 8.23. The van der Waals surface area contributed by atoms with Gasteiger partial charge in [0.2, 0.25) is 0 Å². The third-order valence-corrected chi connectivity index (χ3v) is 5.85. The Kier molecular flexibility index (Phi) is 17.6. The first-order chi connectivity index (χ1) is 12.1. The van der Waals surface area contributed by atoms with Crippen LogP contribution in [0.5, 0.6) is 0 Å². The highest BCUT2D eigenvalue weighted by atomic mass is 32.2. The summed E-state index contributed by atoms with van der Waals surface area (Å²) in [5.41, 5.74) is 0. The van der Waals surface area contributed by atoms with Crippen molar-refractivity contribution in [2.75, 3.05) is 5.75 Å². The van der Waals surface area contributed by atoms with Crippen LogP contribution in [-0.4, -0.2) is 33.2 Å². The number of rotatable bonds is 19. The molecule has 25 heavy (non-hydrogen) atoms. The molecular formula is C20H38O4S. The summed E-state index contributed by atoms with van der Waals surface area (Å²) in [6, 6.07) is 0. The minimum atomic E-state index is -0.712. The van der Waals surface area contributed by atoms with E-state index in [-0.39, 0.29) is 12.2 Å². The van der Waals surface area contributed by atoms with Crippen molar-refractivity contribution in [2.24, 2.45) is 0 Å². The summed E-state index contributed by atoms with van der Waals surface area (Å²) in [6.45, 7) is 2.23. The summed E-state index contributed by atoms with van der Waals surface area (Å²) in [5.74, 6) is -1.19. The molecule has 0 saturated carbocycles. The highest BCUT2D eigenvalue weighted by molar-refractivity contribution is 8.00. The number of carboxylic acid groups (broad SMARTS) is 2. The van der Waals surface area contributed by atoms with Crippen LogP contribution in [0, 0.1) is 0 Å². The second-order valence-electron chi connectivity index (χ2n) is 6.94. The van der Waals surface area contributed by atoms with Crippen molar-refractivity contribution in [3.05, 3.63) is 0 Å². The standard InChI is InChI=1S/C20H38O4S/c1-2-3-4-5-8-11-14-18(25-17-20(23)24)15-12-9-6-7-10-13-16-19(21)22/h18H,2-17H2,1H3,(H,21,22)(H,23,24). The van der Waals surface area contributed by atoms with Crippen LogP contribution in [-0.2, 0) is 9.59 Å². The monoisotopic (exact) mass is 374 g/mol. The van der Waals surface area contributed by atoms with E-state index in [9.17, 15) is 9.59 Å². The van der Waals surface area contributed by atoms with E-state index in [4.69, 9.17) is 10.2 Å². The first-order valence-electron chi connectivity index (χ1n) is 10.1. The lowest BCUT2D eigenvalue weighted by Gasteiger charge is -2.15. The van der Waals surface area contributed by atoms with Crippen molar-refractivity contribution in [2.45, 2.75) is 108 Å². The summed E-state index contributed by atoms with van der Waals surface area (Å²) >= 11 is 1.61. The van der Waals surface area contributed by atoms with Crippen molar-refractivity contribution in [3.8, 4) is 0 Å². The normalized spacial score (nSPS) is 12.2. The summed E-state index contributed by atoms with van der Waals surface area (Å²) in [6.07, 6.45) is 16.6. The third-order valence-electron chi connectivity index (χ3n) is 4.49. The fourth-order valence-electron chi connectivity index (χ4n) is 3.01. The minimum Gasteiger partial charge on any atom is -0.481 e. The van der Waals surface area contributed by atoms with Gasteiger partial charge >= 0.3 is 11.9 Å². The molecule has 1 atom stereocenters. The van der Waals surface area contributed by atoms with E-state index in [1.54, 1.807) is 11.8 Å². The Morgan fingerprint density at radius 2 is 1.20 bits per heavy atom. The fourth-order valence-corrected chi connectivity index (χ4v) is 4.05. The maximum Gasteiger partial charge on any atom is 0.313 e. The van der Waals surface area contributed by atoms with Gasteiger partial charge in [0.05, 0.1) is 5.75 Å². The molecule has 0 aliphatic rings. The highest BCUT2D eigenvalue weighted by Crippen LogP contribution is 2.24. The number of unbranched alkanes of at least 4 members (excludes halogenated alkanes) is 10. The SMILES string of the molecule is CCCCCCCCC(CCCCCCCCC(=O)O)SCC(=O)O. The van der Waals surface area contributed by atoms with Gasteiger partial charge in [-0.2, -0.15) is 0 Å². The Balaban J connectivity index is 3.72. The van der Waals surface area contributed by atoms with Crippen LogP contribution >= 0.6 is 11.8 Å². The molecule has 0 bridgehead atoms. The van der Waals surface area contributed by atoms with Gasteiger partial charge in [0.15, 0.2) is 0 Å². The number of carbonyl (C=O) groups is 2. The van der Waals surface area contributed by atoms with Crippen molar-refractivity contribution < 1.29 is 19.8 Å². The smallest absolute Gasteiger partial charge is 0.313 e. The number of thioether (sulfide) groups is 1. The molecular weight excluding hydrogens is 336 g/mol. The number of hydrogen-bond donors (Lipinski definition) is 2. The van der Waals surface area contributed by atoms with E-state index >= 15 is 0 Å². The van der Waals surface area contributed by atoms with Crippen molar-refractivity contribution in [1.82, 2.24) is 0 Å².